The lowest BCUT2D eigenvalue weighted by Crippen LogP contribution is -2.31. The third-order valence-electron chi connectivity index (χ3n) is 2.46. The van der Waals surface area contributed by atoms with Gasteiger partial charge in [-0.1, -0.05) is 18.2 Å². The van der Waals surface area contributed by atoms with E-state index in [1.165, 1.54) is 6.07 Å². The average molecular weight is 256 g/mol. The van der Waals surface area contributed by atoms with E-state index in [1.54, 1.807) is 18.2 Å². The molecule has 0 aliphatic heterocycles. The van der Waals surface area contributed by atoms with Crippen molar-refractivity contribution in [3.63, 3.8) is 0 Å². The van der Waals surface area contributed by atoms with Gasteiger partial charge in [0.2, 0.25) is 0 Å². The van der Waals surface area contributed by atoms with Gasteiger partial charge in [0.15, 0.2) is 0 Å². The van der Waals surface area contributed by atoms with Crippen LogP contribution in [-0.2, 0) is 11.3 Å². The molecule has 1 aromatic carbocycles. The number of halogens is 1. The number of aliphatic hydroxyl groups excluding tert-OH is 1. The molecule has 4 nitrogen and oxygen atoms in total. The minimum atomic E-state index is -0.588. The van der Waals surface area contributed by atoms with E-state index in [1.807, 2.05) is 0 Å². The molecule has 0 heterocycles. The summed E-state index contributed by atoms with van der Waals surface area (Å²) in [6.45, 7) is 2.22. The van der Waals surface area contributed by atoms with Crippen molar-refractivity contribution in [2.75, 3.05) is 26.2 Å². The highest BCUT2D eigenvalue weighted by molar-refractivity contribution is 5.16. The lowest BCUT2D eigenvalue weighted by atomic mass is 10.2. The number of hydrogen-bond donors (Lipinski definition) is 3. The predicted molar refractivity (Wildman–Crippen MR) is 68.6 cm³/mol. The highest BCUT2D eigenvalue weighted by Crippen LogP contribution is 2.07. The van der Waals surface area contributed by atoms with Crippen molar-refractivity contribution in [3.8, 4) is 0 Å². The molecule has 5 heteroatoms. The Morgan fingerprint density at radius 3 is 2.89 bits per heavy atom. The summed E-state index contributed by atoms with van der Waals surface area (Å²) in [7, 11) is 0. The van der Waals surface area contributed by atoms with Crippen LogP contribution in [0, 0.1) is 5.82 Å². The second-order valence-electron chi connectivity index (χ2n) is 4.11. The van der Waals surface area contributed by atoms with Crippen LogP contribution >= 0.6 is 0 Å². The smallest absolute Gasteiger partial charge is 0.128 e. The summed E-state index contributed by atoms with van der Waals surface area (Å²) in [5, 5.41) is 12.6. The molecule has 0 spiro atoms. The van der Waals surface area contributed by atoms with Crippen LogP contribution in [0.1, 0.15) is 12.0 Å². The molecule has 0 saturated carbocycles. The lowest BCUT2D eigenvalue weighted by Gasteiger charge is -2.12. The molecular weight excluding hydrogens is 235 g/mol. The first-order valence-corrected chi connectivity index (χ1v) is 6.14. The molecule has 0 saturated heterocycles. The molecule has 102 valence electrons. The van der Waals surface area contributed by atoms with Gasteiger partial charge in [0.05, 0.1) is 19.3 Å². The van der Waals surface area contributed by atoms with Crippen LogP contribution in [0.3, 0.4) is 0 Å². The highest BCUT2D eigenvalue weighted by atomic mass is 19.1. The maximum absolute atomic E-state index is 13.2. The molecule has 0 radical (unpaired) electrons. The van der Waals surface area contributed by atoms with Gasteiger partial charge in [-0.3, -0.25) is 0 Å². The van der Waals surface area contributed by atoms with Gasteiger partial charge < -0.3 is 20.9 Å². The van der Waals surface area contributed by atoms with Gasteiger partial charge in [0.1, 0.15) is 5.82 Å². The van der Waals surface area contributed by atoms with E-state index in [0.29, 0.717) is 18.7 Å². The normalized spacial score (nSPS) is 12.6. The second kappa shape index (κ2) is 8.99. The molecule has 1 rings (SSSR count). The van der Waals surface area contributed by atoms with Crippen molar-refractivity contribution in [1.29, 1.82) is 0 Å². The van der Waals surface area contributed by atoms with Crippen LogP contribution in [0.5, 0.6) is 0 Å². The Bertz CT molecular complexity index is 337. The van der Waals surface area contributed by atoms with E-state index in [-0.39, 0.29) is 19.0 Å². The van der Waals surface area contributed by atoms with Crippen molar-refractivity contribution in [3.05, 3.63) is 35.6 Å². The summed E-state index contributed by atoms with van der Waals surface area (Å²) in [4.78, 5) is 0. The first-order valence-electron chi connectivity index (χ1n) is 6.14. The van der Waals surface area contributed by atoms with Crippen LogP contribution in [-0.4, -0.2) is 37.5 Å². The predicted octanol–water partition coefficient (Wildman–Crippen LogP) is 0.642. The minimum absolute atomic E-state index is 0.173. The van der Waals surface area contributed by atoms with Gasteiger partial charge in [0, 0.05) is 12.1 Å². The minimum Gasteiger partial charge on any atom is -0.389 e. The zero-order valence-corrected chi connectivity index (χ0v) is 10.4. The van der Waals surface area contributed by atoms with Gasteiger partial charge in [-0.25, -0.2) is 4.39 Å². The Morgan fingerprint density at radius 1 is 1.39 bits per heavy atom. The van der Waals surface area contributed by atoms with Crippen LogP contribution < -0.4 is 11.1 Å². The molecule has 0 aliphatic carbocycles. The van der Waals surface area contributed by atoms with Gasteiger partial charge in [0.25, 0.3) is 0 Å². The molecule has 1 unspecified atom stereocenters. The van der Waals surface area contributed by atoms with Crippen molar-refractivity contribution >= 4 is 0 Å². The Kier molecular flexibility index (Phi) is 7.52. The lowest BCUT2D eigenvalue weighted by molar-refractivity contribution is 0.0280. The Balaban J connectivity index is 2.12. The summed E-state index contributed by atoms with van der Waals surface area (Å²) < 4.78 is 18.5. The standard InChI is InChI=1S/C13H21FN2O2/c14-13-5-2-1-4-11(13)9-18-10-12(17)8-16-7-3-6-15/h1-2,4-5,12,16-17H,3,6-10,15H2. The zero-order valence-electron chi connectivity index (χ0n) is 10.4. The average Bonchev–Trinajstić information content (AvgIpc) is 2.37. The van der Waals surface area contributed by atoms with Crippen LogP contribution in [0.2, 0.25) is 0 Å². The molecule has 18 heavy (non-hydrogen) atoms. The number of aliphatic hydroxyl groups is 1. The van der Waals surface area contributed by atoms with E-state index >= 15 is 0 Å². The number of nitrogens with one attached hydrogen (secondary N) is 1. The third kappa shape index (κ3) is 6.07. The summed E-state index contributed by atoms with van der Waals surface area (Å²) in [5.74, 6) is -0.284. The van der Waals surface area contributed by atoms with Gasteiger partial charge in [-0.15, -0.1) is 0 Å². The number of benzene rings is 1. The fourth-order valence-corrected chi connectivity index (χ4v) is 1.48. The summed E-state index contributed by atoms with van der Waals surface area (Å²) in [6, 6.07) is 6.45. The molecule has 0 aromatic heterocycles. The number of nitrogens with two attached hydrogens (primary N) is 1. The Labute approximate surface area is 107 Å². The number of rotatable bonds is 9. The van der Waals surface area contributed by atoms with Crippen LogP contribution in [0.15, 0.2) is 24.3 Å². The molecule has 0 fully saturated rings. The molecule has 0 amide bonds. The molecule has 4 N–H and O–H groups in total. The maximum Gasteiger partial charge on any atom is 0.128 e. The van der Waals surface area contributed by atoms with Crippen LogP contribution in [0.25, 0.3) is 0 Å². The molecule has 1 atom stereocenters. The third-order valence-corrected chi connectivity index (χ3v) is 2.46. The van der Waals surface area contributed by atoms with Crippen molar-refractivity contribution < 1.29 is 14.2 Å². The van der Waals surface area contributed by atoms with E-state index < -0.39 is 6.10 Å². The highest BCUT2D eigenvalue weighted by Gasteiger charge is 2.05. The van der Waals surface area contributed by atoms with E-state index in [2.05, 4.69) is 5.32 Å². The molecule has 0 aliphatic rings. The first-order chi connectivity index (χ1) is 8.74. The Morgan fingerprint density at radius 2 is 2.17 bits per heavy atom. The van der Waals surface area contributed by atoms with E-state index in [4.69, 9.17) is 10.5 Å². The van der Waals surface area contributed by atoms with Gasteiger partial charge in [-0.2, -0.15) is 0 Å². The molecule has 1 aromatic rings. The molecule has 0 bridgehead atoms. The quantitative estimate of drug-likeness (QED) is 0.567. The van der Waals surface area contributed by atoms with Crippen molar-refractivity contribution in [1.82, 2.24) is 5.32 Å². The SMILES string of the molecule is NCCCNCC(O)COCc1ccccc1F. The van der Waals surface area contributed by atoms with Gasteiger partial charge in [-0.05, 0) is 25.6 Å². The number of ether oxygens (including phenoxy) is 1. The summed E-state index contributed by atoms with van der Waals surface area (Å²) in [5.41, 5.74) is 5.84. The zero-order chi connectivity index (χ0) is 13.2. The Hall–Kier alpha value is -1.01. The summed E-state index contributed by atoms with van der Waals surface area (Å²) in [6.07, 6.45) is 0.289. The van der Waals surface area contributed by atoms with Crippen molar-refractivity contribution in [2.45, 2.75) is 19.1 Å². The summed E-state index contributed by atoms with van der Waals surface area (Å²) >= 11 is 0. The van der Waals surface area contributed by atoms with Crippen LogP contribution in [0.4, 0.5) is 4.39 Å². The molecular formula is C13H21FN2O2. The largest absolute Gasteiger partial charge is 0.389 e. The van der Waals surface area contributed by atoms with Gasteiger partial charge >= 0.3 is 0 Å². The fraction of sp³-hybridized carbons (Fsp3) is 0.538. The number of hydrogen-bond acceptors (Lipinski definition) is 4. The van der Waals surface area contributed by atoms with E-state index in [9.17, 15) is 9.50 Å². The van der Waals surface area contributed by atoms with E-state index in [0.717, 1.165) is 13.0 Å². The maximum atomic E-state index is 13.2. The first kappa shape index (κ1) is 15.0. The topological polar surface area (TPSA) is 67.5 Å². The van der Waals surface area contributed by atoms with Crippen molar-refractivity contribution in [2.24, 2.45) is 5.73 Å². The monoisotopic (exact) mass is 256 g/mol. The second-order valence-corrected chi connectivity index (χ2v) is 4.11. The fourth-order valence-electron chi connectivity index (χ4n) is 1.48.